The maximum Gasteiger partial charge on any atom is 0.191 e. The van der Waals surface area contributed by atoms with Crippen molar-refractivity contribution in [2.24, 2.45) is 4.99 Å². The summed E-state index contributed by atoms with van der Waals surface area (Å²) in [5, 5.41) is 6.73. The molecule has 0 spiro atoms. The summed E-state index contributed by atoms with van der Waals surface area (Å²) in [6.45, 7) is 9.62. The van der Waals surface area contributed by atoms with E-state index in [2.05, 4.69) is 57.4 Å². The van der Waals surface area contributed by atoms with Crippen LogP contribution in [-0.2, 0) is 19.6 Å². The molecule has 0 atom stereocenters. The van der Waals surface area contributed by atoms with Crippen molar-refractivity contribution >= 4 is 29.9 Å². The number of halogens is 1. The number of aromatic nitrogens is 2. The van der Waals surface area contributed by atoms with Gasteiger partial charge in [-0.3, -0.25) is 0 Å². The molecule has 0 saturated heterocycles. The lowest BCUT2D eigenvalue weighted by molar-refractivity contribution is 0.336. The summed E-state index contributed by atoms with van der Waals surface area (Å²) in [4.78, 5) is 9.06. The molecule has 0 radical (unpaired) electrons. The van der Waals surface area contributed by atoms with Crippen LogP contribution in [0.4, 0.5) is 0 Å². The molecule has 31 heavy (non-hydrogen) atoms. The Morgan fingerprint density at radius 3 is 2.61 bits per heavy atom. The summed E-state index contributed by atoms with van der Waals surface area (Å²) < 4.78 is 7.86. The lowest BCUT2D eigenvalue weighted by atomic mass is 10.1. The molecule has 166 valence electrons. The topological polar surface area (TPSA) is 63.5 Å². The summed E-state index contributed by atoms with van der Waals surface area (Å²) in [7, 11) is 0. The number of ether oxygens (including phenoxy) is 1. The van der Waals surface area contributed by atoms with Crippen LogP contribution >= 0.6 is 24.0 Å². The van der Waals surface area contributed by atoms with Crippen molar-refractivity contribution < 1.29 is 4.74 Å². The Kier molecular flexibility index (Phi) is 10.4. The van der Waals surface area contributed by atoms with Crippen LogP contribution < -0.4 is 15.4 Å². The van der Waals surface area contributed by atoms with E-state index in [0.29, 0.717) is 19.7 Å². The second kappa shape index (κ2) is 13.0. The summed E-state index contributed by atoms with van der Waals surface area (Å²) in [5.74, 6) is 2.72. The van der Waals surface area contributed by atoms with Crippen LogP contribution in [0.5, 0.6) is 5.75 Å². The number of hydrogen-bond donors (Lipinski definition) is 2. The van der Waals surface area contributed by atoms with Gasteiger partial charge in [0.05, 0.1) is 13.2 Å². The number of nitrogens with zero attached hydrogens (tertiary/aromatic N) is 3. The number of aryl methyl sites for hydroxylation is 1. The van der Waals surface area contributed by atoms with Gasteiger partial charge in [0.2, 0.25) is 0 Å². The van der Waals surface area contributed by atoms with E-state index < -0.39 is 0 Å². The highest BCUT2D eigenvalue weighted by Crippen LogP contribution is 2.17. The highest BCUT2D eigenvalue weighted by molar-refractivity contribution is 14.0. The van der Waals surface area contributed by atoms with E-state index in [0.717, 1.165) is 36.2 Å². The highest BCUT2D eigenvalue weighted by atomic mass is 127. The van der Waals surface area contributed by atoms with Crippen LogP contribution in [0.25, 0.3) is 0 Å². The maximum atomic E-state index is 5.72. The fourth-order valence-electron chi connectivity index (χ4n) is 3.23. The van der Waals surface area contributed by atoms with Gasteiger partial charge < -0.3 is 19.9 Å². The van der Waals surface area contributed by atoms with Crippen molar-refractivity contribution in [2.45, 2.75) is 40.4 Å². The number of nitrogens with one attached hydrogen (secondary N) is 2. The molecule has 0 amide bonds. The monoisotopic (exact) mass is 533 g/mol. The summed E-state index contributed by atoms with van der Waals surface area (Å²) >= 11 is 0. The minimum atomic E-state index is 0. The quantitative estimate of drug-likeness (QED) is 0.242. The molecule has 0 unspecified atom stereocenters. The largest absolute Gasteiger partial charge is 0.494 e. The van der Waals surface area contributed by atoms with Crippen molar-refractivity contribution in [3.63, 3.8) is 0 Å². The molecule has 0 fully saturated rings. The van der Waals surface area contributed by atoms with Gasteiger partial charge in [-0.25, -0.2) is 9.98 Å². The van der Waals surface area contributed by atoms with E-state index in [-0.39, 0.29) is 24.0 Å². The molecule has 3 aromatic rings. The fraction of sp³-hybridized carbons (Fsp3) is 0.333. The average Bonchev–Trinajstić information content (AvgIpc) is 3.16. The molecule has 7 heteroatoms. The number of rotatable bonds is 9. The number of benzene rings is 2. The fourth-order valence-corrected chi connectivity index (χ4v) is 3.23. The first-order valence-electron chi connectivity index (χ1n) is 10.5. The molecule has 0 bridgehead atoms. The summed E-state index contributed by atoms with van der Waals surface area (Å²) in [6, 6.07) is 16.6. The lowest BCUT2D eigenvalue weighted by Crippen LogP contribution is -2.36. The Morgan fingerprint density at radius 2 is 1.87 bits per heavy atom. The Balaban J connectivity index is 0.00000341. The third-order valence-corrected chi connectivity index (χ3v) is 4.75. The molecule has 6 nitrogen and oxygen atoms in total. The minimum absolute atomic E-state index is 0. The molecule has 0 aliphatic heterocycles. The van der Waals surface area contributed by atoms with Gasteiger partial charge in [-0.15, -0.1) is 24.0 Å². The van der Waals surface area contributed by atoms with Crippen molar-refractivity contribution in [1.82, 2.24) is 20.2 Å². The van der Waals surface area contributed by atoms with Crippen molar-refractivity contribution in [2.75, 3.05) is 13.2 Å². The van der Waals surface area contributed by atoms with Crippen molar-refractivity contribution in [1.29, 1.82) is 0 Å². The maximum absolute atomic E-state index is 5.72. The number of para-hydroxylation sites is 1. The first-order chi connectivity index (χ1) is 14.7. The van der Waals surface area contributed by atoms with Crippen LogP contribution in [0.3, 0.4) is 0 Å². The molecule has 2 aromatic carbocycles. The SMILES string of the molecule is CCNC(=NCc1cccc(Cn2ccnc2C)c1)NCc1ccccc1OCC.I. The molecule has 0 aliphatic carbocycles. The van der Waals surface area contributed by atoms with Crippen LogP contribution in [0.1, 0.15) is 36.4 Å². The first-order valence-corrected chi connectivity index (χ1v) is 10.5. The Bertz CT molecular complexity index is 970. The lowest BCUT2D eigenvalue weighted by Gasteiger charge is -2.14. The predicted molar refractivity (Wildman–Crippen MR) is 137 cm³/mol. The van der Waals surface area contributed by atoms with Crippen LogP contribution in [0, 0.1) is 6.92 Å². The minimum Gasteiger partial charge on any atom is -0.494 e. The van der Waals surface area contributed by atoms with E-state index >= 15 is 0 Å². The van der Waals surface area contributed by atoms with Gasteiger partial charge in [0, 0.05) is 37.6 Å². The van der Waals surface area contributed by atoms with Gasteiger partial charge in [0.15, 0.2) is 5.96 Å². The predicted octanol–water partition coefficient (Wildman–Crippen LogP) is 4.51. The third kappa shape index (κ3) is 7.57. The van der Waals surface area contributed by atoms with E-state index in [1.165, 1.54) is 11.1 Å². The Labute approximate surface area is 202 Å². The van der Waals surface area contributed by atoms with Gasteiger partial charge in [-0.1, -0.05) is 42.5 Å². The Hall–Kier alpha value is -2.55. The standard InChI is InChI=1S/C24H31N5O.HI/c1-4-25-24(28-17-22-11-6-7-12-23(22)30-5-2)27-16-20-9-8-10-21(15-20)18-29-14-13-26-19(29)3;/h6-15H,4-5,16-18H2,1-3H3,(H2,25,27,28);1H. The molecular weight excluding hydrogens is 501 g/mol. The van der Waals surface area contributed by atoms with Crippen molar-refractivity contribution in [3.8, 4) is 5.75 Å². The first kappa shape index (κ1) is 24.7. The van der Waals surface area contributed by atoms with Crippen LogP contribution in [0.2, 0.25) is 0 Å². The van der Waals surface area contributed by atoms with E-state index in [1.54, 1.807) is 0 Å². The van der Waals surface area contributed by atoms with Gasteiger partial charge >= 0.3 is 0 Å². The summed E-state index contributed by atoms with van der Waals surface area (Å²) in [6.07, 6.45) is 3.84. The molecule has 0 aliphatic rings. The normalized spacial score (nSPS) is 11.0. The zero-order valence-electron chi connectivity index (χ0n) is 18.5. The van der Waals surface area contributed by atoms with E-state index in [4.69, 9.17) is 9.73 Å². The average molecular weight is 533 g/mol. The molecule has 1 heterocycles. The second-order valence-electron chi connectivity index (χ2n) is 7.01. The van der Waals surface area contributed by atoms with Crippen LogP contribution in [-0.4, -0.2) is 28.7 Å². The Morgan fingerprint density at radius 1 is 1.06 bits per heavy atom. The van der Waals surface area contributed by atoms with Crippen LogP contribution in [0.15, 0.2) is 65.9 Å². The number of hydrogen-bond acceptors (Lipinski definition) is 3. The van der Waals surface area contributed by atoms with E-state index in [9.17, 15) is 0 Å². The highest BCUT2D eigenvalue weighted by Gasteiger charge is 2.05. The van der Waals surface area contributed by atoms with Gasteiger partial charge in [0.1, 0.15) is 11.6 Å². The second-order valence-corrected chi connectivity index (χ2v) is 7.01. The van der Waals surface area contributed by atoms with E-state index in [1.807, 2.05) is 44.4 Å². The molecule has 2 N–H and O–H groups in total. The van der Waals surface area contributed by atoms with Crippen molar-refractivity contribution in [3.05, 3.63) is 83.4 Å². The third-order valence-electron chi connectivity index (χ3n) is 4.75. The zero-order valence-corrected chi connectivity index (χ0v) is 20.8. The number of imidazole rings is 1. The molecular formula is C24H32IN5O. The molecule has 3 rings (SSSR count). The van der Waals surface area contributed by atoms with Gasteiger partial charge in [0.25, 0.3) is 0 Å². The number of guanidine groups is 1. The van der Waals surface area contributed by atoms with Gasteiger partial charge in [-0.05, 0) is 38.0 Å². The number of aliphatic imine (C=N–C) groups is 1. The smallest absolute Gasteiger partial charge is 0.191 e. The summed E-state index contributed by atoms with van der Waals surface area (Å²) in [5.41, 5.74) is 3.53. The molecule has 1 aromatic heterocycles. The van der Waals surface area contributed by atoms with Gasteiger partial charge in [-0.2, -0.15) is 0 Å². The molecule has 0 saturated carbocycles. The zero-order chi connectivity index (χ0) is 21.2.